The van der Waals surface area contributed by atoms with Crippen LogP contribution < -0.4 is 0 Å². The van der Waals surface area contributed by atoms with Crippen LogP contribution in [-0.2, 0) is 0 Å². The van der Waals surface area contributed by atoms with Crippen molar-refractivity contribution in [1.82, 2.24) is 4.90 Å². The van der Waals surface area contributed by atoms with E-state index in [1.54, 1.807) is 0 Å². The highest BCUT2D eigenvalue weighted by Gasteiger charge is 2.17. The first-order valence-electron chi connectivity index (χ1n) is 5.28. The Morgan fingerprint density at radius 2 is 1.40 bits per heavy atom. The Hall–Kier alpha value is -0.860. The molecule has 0 bridgehead atoms. The van der Waals surface area contributed by atoms with Gasteiger partial charge >= 0.3 is 0 Å². The molecule has 1 N–H and O–H groups in total. The van der Waals surface area contributed by atoms with Gasteiger partial charge in [0.1, 0.15) is 6.23 Å². The lowest BCUT2D eigenvalue weighted by Gasteiger charge is -2.24. The lowest BCUT2D eigenvalue weighted by atomic mass is 9.93. The van der Waals surface area contributed by atoms with Crippen LogP contribution in [0.5, 0.6) is 0 Å². The number of hydrogen-bond acceptors (Lipinski definition) is 2. The van der Waals surface area contributed by atoms with Crippen molar-refractivity contribution < 1.29 is 5.11 Å². The van der Waals surface area contributed by atoms with E-state index in [1.165, 1.54) is 22.3 Å². The van der Waals surface area contributed by atoms with Gasteiger partial charge in [0.15, 0.2) is 0 Å². The second kappa shape index (κ2) is 4.33. The average Bonchev–Trinajstić information content (AvgIpc) is 2.15. The van der Waals surface area contributed by atoms with Crippen molar-refractivity contribution in [2.75, 3.05) is 14.1 Å². The number of hydrogen-bond donors (Lipinski definition) is 1. The number of aliphatic hydroxyl groups excluding tert-OH is 1. The predicted octanol–water partition coefficient (Wildman–Crippen LogP) is 2.47. The molecule has 15 heavy (non-hydrogen) atoms. The van der Waals surface area contributed by atoms with Gasteiger partial charge in [-0.2, -0.15) is 0 Å². The third kappa shape index (κ3) is 2.21. The zero-order valence-corrected chi connectivity index (χ0v) is 10.5. The number of benzene rings is 1. The lowest BCUT2D eigenvalue weighted by molar-refractivity contribution is 0.0384. The summed E-state index contributed by atoms with van der Waals surface area (Å²) in [5.74, 6) is 0. The zero-order chi connectivity index (χ0) is 11.7. The van der Waals surface area contributed by atoms with E-state index in [9.17, 15) is 5.11 Å². The van der Waals surface area contributed by atoms with Crippen molar-refractivity contribution in [3.8, 4) is 0 Å². The molecule has 0 aliphatic carbocycles. The van der Waals surface area contributed by atoms with Crippen molar-refractivity contribution in [3.05, 3.63) is 33.9 Å². The Morgan fingerprint density at radius 3 is 1.73 bits per heavy atom. The quantitative estimate of drug-likeness (QED) is 0.753. The minimum Gasteiger partial charge on any atom is -0.374 e. The van der Waals surface area contributed by atoms with Crippen LogP contribution in [0.1, 0.15) is 34.0 Å². The van der Waals surface area contributed by atoms with Gasteiger partial charge in [-0.25, -0.2) is 0 Å². The molecule has 2 heteroatoms. The second-order valence-corrected chi connectivity index (χ2v) is 4.51. The van der Waals surface area contributed by atoms with Crippen LogP contribution in [0.4, 0.5) is 0 Å². The third-order valence-electron chi connectivity index (χ3n) is 3.17. The van der Waals surface area contributed by atoms with Crippen LogP contribution in [0.3, 0.4) is 0 Å². The Balaban J connectivity index is 3.39. The van der Waals surface area contributed by atoms with Crippen molar-refractivity contribution in [1.29, 1.82) is 0 Å². The molecule has 1 aromatic rings. The van der Waals surface area contributed by atoms with E-state index in [0.29, 0.717) is 0 Å². The van der Waals surface area contributed by atoms with E-state index in [0.717, 1.165) is 5.56 Å². The van der Waals surface area contributed by atoms with Gasteiger partial charge in [0.2, 0.25) is 0 Å². The smallest absolute Gasteiger partial charge is 0.133 e. The summed E-state index contributed by atoms with van der Waals surface area (Å²) in [6.45, 7) is 8.33. The van der Waals surface area contributed by atoms with E-state index in [1.807, 2.05) is 19.0 Å². The number of aryl methyl sites for hydroxylation is 2. The molecule has 0 radical (unpaired) electrons. The number of rotatable bonds is 2. The minimum atomic E-state index is -0.511. The molecule has 1 rings (SSSR count). The van der Waals surface area contributed by atoms with Crippen molar-refractivity contribution >= 4 is 0 Å². The minimum absolute atomic E-state index is 0.511. The summed E-state index contributed by atoms with van der Waals surface area (Å²) >= 11 is 0. The van der Waals surface area contributed by atoms with Gasteiger partial charge in [-0.3, -0.25) is 4.90 Å². The molecule has 0 amide bonds. The molecule has 0 heterocycles. The molecule has 0 spiro atoms. The van der Waals surface area contributed by atoms with Crippen LogP contribution in [0, 0.1) is 27.7 Å². The monoisotopic (exact) mass is 207 g/mol. The summed E-state index contributed by atoms with van der Waals surface area (Å²) in [5.41, 5.74) is 5.93. The lowest BCUT2D eigenvalue weighted by Crippen LogP contribution is -2.21. The molecule has 1 unspecified atom stereocenters. The van der Waals surface area contributed by atoms with E-state index < -0.39 is 6.23 Å². The molecule has 84 valence electrons. The van der Waals surface area contributed by atoms with Gasteiger partial charge in [-0.15, -0.1) is 0 Å². The van der Waals surface area contributed by atoms with Crippen LogP contribution in [0.15, 0.2) is 6.07 Å². The van der Waals surface area contributed by atoms with Crippen LogP contribution in [0.2, 0.25) is 0 Å². The van der Waals surface area contributed by atoms with Gasteiger partial charge < -0.3 is 5.11 Å². The first-order valence-corrected chi connectivity index (χ1v) is 5.28. The SMILES string of the molecule is Cc1cc(C)c(C)c(C(O)N(C)C)c1C. The molecule has 2 nitrogen and oxygen atoms in total. The molecule has 0 saturated heterocycles. The fraction of sp³-hybridized carbons (Fsp3) is 0.538. The fourth-order valence-electron chi connectivity index (χ4n) is 1.89. The number of aliphatic hydroxyl groups is 1. The van der Waals surface area contributed by atoms with Gasteiger partial charge in [-0.1, -0.05) is 6.07 Å². The molecule has 1 aromatic carbocycles. The average molecular weight is 207 g/mol. The largest absolute Gasteiger partial charge is 0.374 e. The zero-order valence-electron chi connectivity index (χ0n) is 10.5. The fourth-order valence-corrected chi connectivity index (χ4v) is 1.89. The standard InChI is InChI=1S/C13H21NO/c1-8-7-9(2)11(4)12(10(8)3)13(15)14(5)6/h7,13,15H,1-6H3. The number of nitrogens with zero attached hydrogens (tertiary/aromatic N) is 1. The van der Waals surface area contributed by atoms with Crippen molar-refractivity contribution in [2.24, 2.45) is 0 Å². The van der Waals surface area contributed by atoms with Crippen LogP contribution in [-0.4, -0.2) is 24.1 Å². The Labute approximate surface area is 92.5 Å². The van der Waals surface area contributed by atoms with Crippen molar-refractivity contribution in [3.63, 3.8) is 0 Å². The van der Waals surface area contributed by atoms with E-state index in [-0.39, 0.29) is 0 Å². The topological polar surface area (TPSA) is 23.5 Å². The Morgan fingerprint density at radius 1 is 1.00 bits per heavy atom. The van der Waals surface area contributed by atoms with E-state index in [2.05, 4.69) is 33.8 Å². The highest BCUT2D eigenvalue weighted by atomic mass is 16.3. The van der Waals surface area contributed by atoms with Gasteiger partial charge in [0.05, 0.1) is 0 Å². The summed E-state index contributed by atoms with van der Waals surface area (Å²) in [6.07, 6.45) is -0.511. The Bertz CT molecular complexity index is 343. The van der Waals surface area contributed by atoms with Crippen LogP contribution >= 0.6 is 0 Å². The van der Waals surface area contributed by atoms with Gasteiger partial charge in [-0.05, 0) is 64.0 Å². The summed E-state index contributed by atoms with van der Waals surface area (Å²) in [7, 11) is 3.78. The predicted molar refractivity (Wildman–Crippen MR) is 64.0 cm³/mol. The second-order valence-electron chi connectivity index (χ2n) is 4.51. The summed E-state index contributed by atoms with van der Waals surface area (Å²) in [6, 6.07) is 2.18. The molecular formula is C13H21NO. The summed E-state index contributed by atoms with van der Waals surface area (Å²) in [4.78, 5) is 1.83. The first kappa shape index (κ1) is 12.2. The molecule has 1 atom stereocenters. The molecule has 0 aliphatic rings. The highest BCUT2D eigenvalue weighted by Crippen LogP contribution is 2.28. The van der Waals surface area contributed by atoms with Gasteiger partial charge in [0.25, 0.3) is 0 Å². The molecular weight excluding hydrogens is 186 g/mol. The first-order chi connectivity index (χ1) is 6.86. The van der Waals surface area contributed by atoms with Crippen LogP contribution in [0.25, 0.3) is 0 Å². The normalized spacial score (nSPS) is 13.3. The summed E-state index contributed by atoms with van der Waals surface area (Å²) in [5, 5.41) is 10.1. The van der Waals surface area contributed by atoms with Crippen molar-refractivity contribution in [2.45, 2.75) is 33.9 Å². The third-order valence-corrected chi connectivity index (χ3v) is 3.17. The Kier molecular flexibility index (Phi) is 3.53. The van der Waals surface area contributed by atoms with E-state index >= 15 is 0 Å². The van der Waals surface area contributed by atoms with E-state index in [4.69, 9.17) is 0 Å². The molecule has 0 saturated carbocycles. The maximum absolute atomic E-state index is 10.1. The van der Waals surface area contributed by atoms with Gasteiger partial charge in [0, 0.05) is 5.56 Å². The summed E-state index contributed by atoms with van der Waals surface area (Å²) < 4.78 is 0. The maximum Gasteiger partial charge on any atom is 0.133 e. The molecule has 0 aromatic heterocycles. The molecule has 0 aliphatic heterocycles. The highest BCUT2D eigenvalue weighted by molar-refractivity contribution is 5.44. The maximum atomic E-state index is 10.1. The molecule has 0 fully saturated rings.